The largest absolute Gasteiger partial charge is 0.351 e. The molecule has 160 valence electrons. The first-order chi connectivity index (χ1) is 15.7. The first kappa shape index (κ1) is 21.3. The summed E-state index contributed by atoms with van der Waals surface area (Å²) in [6.07, 6.45) is 3.53. The number of nitrogens with zero attached hydrogens (tertiary/aromatic N) is 2. The third-order valence-electron chi connectivity index (χ3n) is 4.68. The minimum absolute atomic E-state index is 0.158. The lowest BCUT2D eigenvalue weighted by molar-refractivity contribution is -0.117. The molecule has 0 saturated heterocycles. The highest BCUT2D eigenvalue weighted by Crippen LogP contribution is 2.29. The molecule has 0 fully saturated rings. The van der Waals surface area contributed by atoms with E-state index in [1.807, 2.05) is 67.0 Å². The molecule has 2 amide bonds. The molecule has 0 aliphatic rings. The number of nitrogens with one attached hydrogen (secondary N) is 2. The minimum Gasteiger partial charge on any atom is -0.351 e. The summed E-state index contributed by atoms with van der Waals surface area (Å²) < 4.78 is 1.77. The van der Waals surface area contributed by atoms with Gasteiger partial charge in [-0.05, 0) is 48.7 Å². The monoisotopic (exact) mass is 442 g/mol. The molecule has 0 bridgehead atoms. The summed E-state index contributed by atoms with van der Waals surface area (Å²) in [5, 5.41) is 12.3. The zero-order chi connectivity index (χ0) is 22.3. The number of para-hydroxylation sites is 1. The Morgan fingerprint density at radius 2 is 1.72 bits per heavy atom. The Hall–Kier alpha value is -3.97. The van der Waals surface area contributed by atoms with Crippen LogP contribution in [-0.2, 0) is 4.79 Å². The van der Waals surface area contributed by atoms with E-state index < -0.39 is 0 Å². The van der Waals surface area contributed by atoms with E-state index >= 15 is 0 Å². The Morgan fingerprint density at radius 3 is 2.38 bits per heavy atom. The lowest BCUT2D eigenvalue weighted by Crippen LogP contribution is -2.34. The van der Waals surface area contributed by atoms with Gasteiger partial charge >= 0.3 is 0 Å². The summed E-state index contributed by atoms with van der Waals surface area (Å²) in [7, 11) is 0. The summed E-state index contributed by atoms with van der Waals surface area (Å²) >= 11 is 1.56. The van der Waals surface area contributed by atoms with Crippen LogP contribution in [0.15, 0.2) is 90.1 Å². The maximum atomic E-state index is 12.8. The third-order valence-corrected chi connectivity index (χ3v) is 5.56. The molecule has 0 atom stereocenters. The van der Waals surface area contributed by atoms with Crippen molar-refractivity contribution in [3.8, 4) is 16.3 Å². The molecule has 4 rings (SSSR count). The number of likely N-dealkylation sites (N-methyl/N-ethyl adjacent to an activating group) is 1. The molecule has 0 radical (unpaired) electrons. The van der Waals surface area contributed by atoms with Gasteiger partial charge < -0.3 is 10.6 Å². The van der Waals surface area contributed by atoms with Crippen LogP contribution in [0.5, 0.6) is 0 Å². The van der Waals surface area contributed by atoms with Crippen LogP contribution in [0.2, 0.25) is 0 Å². The molecule has 0 aliphatic heterocycles. The first-order valence-electron chi connectivity index (χ1n) is 10.2. The Labute approximate surface area is 190 Å². The Morgan fingerprint density at radius 1 is 1.00 bits per heavy atom. The van der Waals surface area contributed by atoms with E-state index in [4.69, 9.17) is 5.10 Å². The van der Waals surface area contributed by atoms with E-state index in [1.165, 1.54) is 0 Å². The molecule has 0 saturated carbocycles. The average Bonchev–Trinajstić information content (AvgIpc) is 3.50. The van der Waals surface area contributed by atoms with Gasteiger partial charge in [-0.3, -0.25) is 9.59 Å². The van der Waals surface area contributed by atoms with Crippen LogP contribution in [-0.4, -0.2) is 28.1 Å². The van der Waals surface area contributed by atoms with Crippen molar-refractivity contribution >= 4 is 29.2 Å². The van der Waals surface area contributed by atoms with Crippen LogP contribution in [0.4, 0.5) is 0 Å². The van der Waals surface area contributed by atoms with Crippen molar-refractivity contribution in [2.24, 2.45) is 0 Å². The highest BCUT2D eigenvalue weighted by atomic mass is 32.1. The van der Waals surface area contributed by atoms with E-state index in [9.17, 15) is 9.59 Å². The van der Waals surface area contributed by atoms with Crippen LogP contribution in [0, 0.1) is 0 Å². The molecule has 2 aromatic heterocycles. The summed E-state index contributed by atoms with van der Waals surface area (Å²) in [5.41, 5.74) is 3.00. The number of hydrogen-bond acceptors (Lipinski definition) is 4. The molecule has 4 aromatic rings. The summed E-state index contributed by atoms with van der Waals surface area (Å²) in [6, 6.07) is 22.5. The smallest absolute Gasteiger partial charge is 0.267 e. The van der Waals surface area contributed by atoms with Gasteiger partial charge in [0.05, 0.1) is 10.6 Å². The van der Waals surface area contributed by atoms with Gasteiger partial charge in [0.15, 0.2) is 0 Å². The molecule has 32 heavy (non-hydrogen) atoms. The zero-order valence-electron chi connectivity index (χ0n) is 17.5. The van der Waals surface area contributed by atoms with Crippen LogP contribution in [0.1, 0.15) is 22.8 Å². The lowest BCUT2D eigenvalue weighted by atomic mass is 10.1. The van der Waals surface area contributed by atoms with Crippen molar-refractivity contribution in [3.05, 3.63) is 101 Å². The van der Waals surface area contributed by atoms with Gasteiger partial charge in [-0.15, -0.1) is 11.3 Å². The van der Waals surface area contributed by atoms with Gasteiger partial charge in [0.1, 0.15) is 11.4 Å². The number of benzene rings is 2. The Bertz CT molecular complexity index is 1230. The number of aromatic nitrogens is 2. The fourth-order valence-electron chi connectivity index (χ4n) is 3.16. The summed E-state index contributed by atoms with van der Waals surface area (Å²) in [5.74, 6) is -0.711. The molecule has 2 aromatic carbocycles. The molecular formula is C25H22N4O2S. The SMILES string of the molecule is CCNC(=O)C(=Cc1cn(-c2ccccc2)nc1-c1cccs1)NC(=O)c1ccccc1. The molecule has 6 nitrogen and oxygen atoms in total. The Kier molecular flexibility index (Phi) is 6.57. The highest BCUT2D eigenvalue weighted by Gasteiger charge is 2.18. The van der Waals surface area contributed by atoms with Gasteiger partial charge in [-0.2, -0.15) is 5.10 Å². The average molecular weight is 443 g/mol. The van der Waals surface area contributed by atoms with Crippen LogP contribution < -0.4 is 10.6 Å². The van der Waals surface area contributed by atoms with E-state index in [0.717, 1.165) is 21.8 Å². The fourth-order valence-corrected chi connectivity index (χ4v) is 3.90. The number of rotatable bonds is 7. The third kappa shape index (κ3) is 4.84. The number of amides is 2. The summed E-state index contributed by atoms with van der Waals surface area (Å²) in [6.45, 7) is 2.28. The van der Waals surface area contributed by atoms with Crippen LogP contribution in [0.25, 0.3) is 22.3 Å². The molecular weight excluding hydrogens is 420 g/mol. The van der Waals surface area contributed by atoms with E-state index in [2.05, 4.69) is 10.6 Å². The van der Waals surface area contributed by atoms with E-state index in [-0.39, 0.29) is 17.5 Å². The number of carbonyl (C=O) groups is 2. The van der Waals surface area contributed by atoms with Gasteiger partial charge in [0.25, 0.3) is 11.8 Å². The van der Waals surface area contributed by atoms with Crippen molar-refractivity contribution < 1.29 is 9.59 Å². The molecule has 2 heterocycles. The minimum atomic E-state index is -0.360. The number of carbonyl (C=O) groups excluding carboxylic acids is 2. The molecule has 0 unspecified atom stereocenters. The van der Waals surface area contributed by atoms with Crippen molar-refractivity contribution in [2.45, 2.75) is 6.92 Å². The second-order valence-corrected chi connectivity index (χ2v) is 7.88. The van der Waals surface area contributed by atoms with Crippen molar-refractivity contribution in [2.75, 3.05) is 6.54 Å². The number of thiophene rings is 1. The zero-order valence-corrected chi connectivity index (χ0v) is 18.3. The highest BCUT2D eigenvalue weighted by molar-refractivity contribution is 7.13. The van der Waals surface area contributed by atoms with Crippen molar-refractivity contribution in [1.82, 2.24) is 20.4 Å². The quantitative estimate of drug-likeness (QED) is 0.414. The second kappa shape index (κ2) is 9.89. The fraction of sp³-hybridized carbons (Fsp3) is 0.0800. The lowest BCUT2D eigenvalue weighted by Gasteiger charge is -2.10. The second-order valence-electron chi connectivity index (χ2n) is 6.93. The molecule has 0 aliphatic carbocycles. The van der Waals surface area contributed by atoms with Crippen molar-refractivity contribution in [1.29, 1.82) is 0 Å². The first-order valence-corrected chi connectivity index (χ1v) is 11.1. The summed E-state index contributed by atoms with van der Waals surface area (Å²) in [4.78, 5) is 26.5. The topological polar surface area (TPSA) is 76.0 Å². The van der Waals surface area contributed by atoms with Crippen LogP contribution >= 0.6 is 11.3 Å². The van der Waals surface area contributed by atoms with Gasteiger partial charge in [-0.25, -0.2) is 4.68 Å². The van der Waals surface area contributed by atoms with Crippen LogP contribution in [0.3, 0.4) is 0 Å². The van der Waals surface area contributed by atoms with Gasteiger partial charge in [-0.1, -0.05) is 42.5 Å². The molecule has 0 spiro atoms. The number of hydrogen-bond donors (Lipinski definition) is 2. The van der Waals surface area contributed by atoms with E-state index in [1.54, 1.807) is 46.4 Å². The van der Waals surface area contributed by atoms with Crippen molar-refractivity contribution in [3.63, 3.8) is 0 Å². The predicted molar refractivity (Wildman–Crippen MR) is 127 cm³/mol. The standard InChI is InChI=1S/C25H22N4O2S/c1-2-26-25(31)21(27-24(30)18-10-5-3-6-11-18)16-19-17-29(20-12-7-4-8-13-20)28-23(19)22-14-9-15-32-22/h3-17H,2H2,1H3,(H,26,31)(H,27,30). The maximum Gasteiger partial charge on any atom is 0.267 e. The normalized spacial score (nSPS) is 11.2. The predicted octanol–water partition coefficient (Wildman–Crippen LogP) is 4.51. The van der Waals surface area contributed by atoms with Gasteiger partial charge in [0, 0.05) is 23.9 Å². The molecule has 7 heteroatoms. The molecule has 2 N–H and O–H groups in total. The Balaban J connectivity index is 1.77. The van der Waals surface area contributed by atoms with E-state index in [0.29, 0.717) is 12.1 Å². The maximum absolute atomic E-state index is 12.8. The van der Waals surface area contributed by atoms with Gasteiger partial charge in [0.2, 0.25) is 0 Å².